The van der Waals surface area contributed by atoms with Gasteiger partial charge in [-0.2, -0.15) is 0 Å². The molecule has 10 atom stereocenters. The van der Waals surface area contributed by atoms with Crippen molar-refractivity contribution in [2.45, 2.75) is 126 Å². The van der Waals surface area contributed by atoms with E-state index in [9.17, 15) is 9.59 Å². The van der Waals surface area contributed by atoms with Crippen LogP contribution >= 0.6 is 0 Å². The third kappa shape index (κ3) is 3.80. The van der Waals surface area contributed by atoms with Gasteiger partial charge in [-0.05, 0) is 117 Å². The van der Waals surface area contributed by atoms with E-state index in [0.29, 0.717) is 41.6 Å². The van der Waals surface area contributed by atoms with E-state index >= 15 is 0 Å². The van der Waals surface area contributed by atoms with Gasteiger partial charge in [-0.25, -0.2) is 0 Å². The second-order valence-electron chi connectivity index (χ2n) is 15.8. The second kappa shape index (κ2) is 9.10. The molecule has 5 aliphatic carbocycles. The highest BCUT2D eigenvalue weighted by Gasteiger charge is 2.71. The van der Waals surface area contributed by atoms with Crippen molar-refractivity contribution in [3.05, 3.63) is 12.2 Å². The van der Waals surface area contributed by atoms with Crippen LogP contribution in [0.1, 0.15) is 120 Å². The molecule has 38 heavy (non-hydrogen) atoms. The van der Waals surface area contributed by atoms with Crippen molar-refractivity contribution < 1.29 is 19.1 Å². The molecule has 0 amide bonds. The van der Waals surface area contributed by atoms with Crippen LogP contribution in [-0.2, 0) is 19.1 Å². The first-order valence-corrected chi connectivity index (χ1v) is 15.6. The van der Waals surface area contributed by atoms with Crippen LogP contribution in [0.4, 0.5) is 0 Å². The van der Waals surface area contributed by atoms with Gasteiger partial charge in [0.25, 0.3) is 0 Å². The number of ether oxygens (including phenoxy) is 2. The van der Waals surface area contributed by atoms with Crippen LogP contribution in [0.5, 0.6) is 0 Å². The van der Waals surface area contributed by atoms with Crippen molar-refractivity contribution in [1.82, 2.24) is 0 Å². The molecule has 0 heterocycles. The zero-order chi connectivity index (χ0) is 27.9. The van der Waals surface area contributed by atoms with Crippen LogP contribution in [0.15, 0.2) is 12.2 Å². The fraction of sp³-hybridized carbons (Fsp3) is 0.882. The molecule has 5 saturated carbocycles. The van der Waals surface area contributed by atoms with Gasteiger partial charge in [0.1, 0.15) is 6.10 Å². The van der Waals surface area contributed by atoms with Crippen molar-refractivity contribution in [3.63, 3.8) is 0 Å². The predicted molar refractivity (Wildman–Crippen MR) is 151 cm³/mol. The quantitative estimate of drug-likeness (QED) is 0.274. The SMILES string of the molecule is C=C(C)[C@H]1CC[C@@]2(COC(C)=O)CC[C@@]3(C)[C@@H](CC[C@H]4[C@]5(C)CC[C@H](OC(C)=O)C(C)(C)[C@@H]5CC[C@@]43C)[C@H]12. The normalized spacial score (nSPS) is 49.1. The molecule has 5 fully saturated rings. The van der Waals surface area contributed by atoms with Gasteiger partial charge in [0.2, 0.25) is 0 Å². The number of fused-ring (bicyclic) bond motifs is 7. The monoisotopic (exact) mass is 526 g/mol. The number of rotatable bonds is 4. The smallest absolute Gasteiger partial charge is 0.302 e. The molecule has 214 valence electrons. The van der Waals surface area contributed by atoms with Gasteiger partial charge in [-0.15, -0.1) is 0 Å². The number of esters is 2. The Hall–Kier alpha value is -1.32. The maximum absolute atomic E-state index is 11.9. The zero-order valence-electron chi connectivity index (χ0n) is 25.6. The van der Waals surface area contributed by atoms with Gasteiger partial charge in [0.05, 0.1) is 6.61 Å². The first kappa shape index (κ1) is 28.2. The Morgan fingerprint density at radius 3 is 2.11 bits per heavy atom. The predicted octanol–water partition coefficient (Wildman–Crippen LogP) is 8.14. The Labute approximate surface area is 232 Å². The van der Waals surface area contributed by atoms with Crippen molar-refractivity contribution in [3.8, 4) is 0 Å². The highest BCUT2D eigenvalue weighted by molar-refractivity contribution is 5.66. The van der Waals surface area contributed by atoms with Crippen LogP contribution in [0.25, 0.3) is 0 Å². The van der Waals surface area contributed by atoms with E-state index in [-0.39, 0.29) is 39.7 Å². The number of carbonyl (C=O) groups is 2. The third-order valence-electron chi connectivity index (χ3n) is 14.0. The fourth-order valence-electron chi connectivity index (χ4n) is 12.2. The first-order chi connectivity index (χ1) is 17.6. The van der Waals surface area contributed by atoms with Crippen molar-refractivity contribution in [2.24, 2.45) is 56.7 Å². The number of hydrogen-bond donors (Lipinski definition) is 0. The number of allylic oxidation sites excluding steroid dienone is 1. The van der Waals surface area contributed by atoms with Crippen LogP contribution in [0, 0.1) is 56.7 Å². The van der Waals surface area contributed by atoms with Gasteiger partial charge in [0.15, 0.2) is 0 Å². The summed E-state index contributed by atoms with van der Waals surface area (Å²) in [5.74, 6) is 2.76. The minimum absolute atomic E-state index is 0.00000109. The standard InChI is InChI=1S/C34H54O4/c1-21(2)24-12-17-34(20-37-22(3)35)19-18-32(8)25(29(24)34)10-11-27-31(7)15-14-28(38-23(4)36)30(5,6)26(31)13-16-33(27,32)9/h24-29H,1,10-20H2,2-9H3/t24-,25+,26+,27+,28+,29+,31-,32+,33+,34+/m1/s1. The van der Waals surface area contributed by atoms with E-state index < -0.39 is 0 Å². The Kier molecular flexibility index (Phi) is 6.76. The van der Waals surface area contributed by atoms with Gasteiger partial charge in [-0.1, -0.05) is 46.8 Å². The minimum atomic E-state index is -0.140. The lowest BCUT2D eigenvalue weighted by Gasteiger charge is -2.73. The Morgan fingerprint density at radius 2 is 1.47 bits per heavy atom. The number of hydrogen-bond acceptors (Lipinski definition) is 4. The molecule has 0 N–H and O–H groups in total. The average molecular weight is 527 g/mol. The van der Waals surface area contributed by atoms with Crippen molar-refractivity contribution >= 4 is 11.9 Å². The van der Waals surface area contributed by atoms with E-state index in [0.717, 1.165) is 12.8 Å². The molecule has 0 unspecified atom stereocenters. The molecule has 0 bridgehead atoms. The molecule has 0 aromatic carbocycles. The lowest BCUT2D eigenvalue weighted by molar-refractivity contribution is -0.252. The Morgan fingerprint density at radius 1 is 0.763 bits per heavy atom. The van der Waals surface area contributed by atoms with E-state index in [2.05, 4.69) is 48.1 Å². The minimum Gasteiger partial charge on any atom is -0.465 e. The summed E-state index contributed by atoms with van der Waals surface area (Å²) in [4.78, 5) is 23.8. The fourth-order valence-corrected chi connectivity index (χ4v) is 12.2. The van der Waals surface area contributed by atoms with Crippen LogP contribution in [-0.4, -0.2) is 24.6 Å². The first-order valence-electron chi connectivity index (χ1n) is 15.6. The summed E-state index contributed by atoms with van der Waals surface area (Å²) in [7, 11) is 0. The summed E-state index contributed by atoms with van der Waals surface area (Å²) in [5, 5.41) is 0. The van der Waals surface area contributed by atoms with E-state index in [1.165, 1.54) is 56.9 Å². The maximum atomic E-state index is 11.9. The van der Waals surface area contributed by atoms with Gasteiger partial charge in [-0.3, -0.25) is 9.59 Å². The van der Waals surface area contributed by atoms with Crippen molar-refractivity contribution in [2.75, 3.05) is 6.61 Å². The molecule has 5 rings (SSSR count). The summed E-state index contributed by atoms with van der Waals surface area (Å²) >= 11 is 0. The van der Waals surface area contributed by atoms with Crippen LogP contribution in [0.3, 0.4) is 0 Å². The molecule has 0 aliphatic heterocycles. The van der Waals surface area contributed by atoms with Crippen LogP contribution < -0.4 is 0 Å². The summed E-state index contributed by atoms with van der Waals surface area (Å²) in [6.07, 6.45) is 12.0. The highest BCUT2D eigenvalue weighted by atomic mass is 16.5. The molecule has 0 radical (unpaired) electrons. The Bertz CT molecular complexity index is 998. The number of carbonyl (C=O) groups excluding carboxylic acids is 2. The lowest BCUT2D eigenvalue weighted by atomic mass is 9.32. The maximum Gasteiger partial charge on any atom is 0.302 e. The van der Waals surface area contributed by atoms with E-state index in [1.54, 1.807) is 13.8 Å². The summed E-state index contributed by atoms with van der Waals surface area (Å²) in [5.41, 5.74) is 2.30. The summed E-state index contributed by atoms with van der Waals surface area (Å²) in [6.45, 7) is 23.1. The molecule has 0 aromatic rings. The molecule has 5 aliphatic rings. The lowest BCUT2D eigenvalue weighted by Crippen LogP contribution is -2.67. The van der Waals surface area contributed by atoms with Crippen molar-refractivity contribution in [1.29, 1.82) is 0 Å². The Balaban J connectivity index is 1.49. The largest absolute Gasteiger partial charge is 0.465 e. The highest BCUT2D eigenvalue weighted by Crippen LogP contribution is 2.77. The van der Waals surface area contributed by atoms with Gasteiger partial charge < -0.3 is 9.47 Å². The molecular weight excluding hydrogens is 472 g/mol. The molecule has 0 aromatic heterocycles. The second-order valence-corrected chi connectivity index (χ2v) is 15.8. The molecule has 0 spiro atoms. The van der Waals surface area contributed by atoms with Gasteiger partial charge >= 0.3 is 11.9 Å². The molecule has 4 heteroatoms. The molecule has 0 saturated heterocycles. The summed E-state index contributed by atoms with van der Waals surface area (Å²) in [6, 6.07) is 0. The summed E-state index contributed by atoms with van der Waals surface area (Å²) < 4.78 is 11.7. The molecular formula is C34H54O4. The average Bonchev–Trinajstić information content (AvgIpc) is 3.20. The van der Waals surface area contributed by atoms with Gasteiger partial charge in [0, 0.05) is 24.7 Å². The molecule has 4 nitrogen and oxygen atoms in total. The van der Waals surface area contributed by atoms with Crippen LogP contribution in [0.2, 0.25) is 0 Å². The zero-order valence-corrected chi connectivity index (χ0v) is 25.6. The third-order valence-corrected chi connectivity index (χ3v) is 14.0. The van der Waals surface area contributed by atoms with E-state index in [4.69, 9.17) is 9.47 Å². The topological polar surface area (TPSA) is 52.6 Å². The van der Waals surface area contributed by atoms with E-state index in [1.807, 2.05) is 0 Å².